The van der Waals surface area contributed by atoms with E-state index in [1.807, 2.05) is 0 Å². The van der Waals surface area contributed by atoms with Gasteiger partial charge in [0.05, 0.1) is 21.2 Å². The van der Waals surface area contributed by atoms with Gasteiger partial charge < -0.3 is 20.2 Å². The Kier molecular flexibility index (Phi) is 6.35. The Morgan fingerprint density at radius 1 is 1.16 bits per heavy atom. The minimum atomic E-state index is -3.33. The first-order valence-corrected chi connectivity index (χ1v) is 15.6. The summed E-state index contributed by atoms with van der Waals surface area (Å²) in [4.78, 5) is 26.8. The summed E-state index contributed by atoms with van der Waals surface area (Å²) in [5.41, 5.74) is 0.620. The Labute approximate surface area is 228 Å². The molecule has 204 valence electrons. The molecule has 4 aliphatic carbocycles. The fraction of sp³-hybridized carbons (Fsp3) is 0.593. The van der Waals surface area contributed by atoms with Gasteiger partial charge in [0, 0.05) is 44.2 Å². The van der Waals surface area contributed by atoms with Gasteiger partial charge in [0.25, 0.3) is 5.91 Å². The van der Waals surface area contributed by atoms with Crippen LogP contribution in [0, 0.1) is 17.8 Å². The van der Waals surface area contributed by atoms with Gasteiger partial charge in [-0.25, -0.2) is 18.4 Å². The number of halogens is 1. The van der Waals surface area contributed by atoms with Crippen molar-refractivity contribution in [3.8, 4) is 0 Å². The van der Waals surface area contributed by atoms with Crippen LogP contribution in [0.2, 0.25) is 5.02 Å². The molecule has 5 aliphatic rings. The Morgan fingerprint density at radius 2 is 1.89 bits per heavy atom. The first-order chi connectivity index (χ1) is 18.0. The maximum Gasteiger partial charge on any atom is 0.270 e. The second kappa shape index (κ2) is 9.34. The molecular formula is C27H34ClN5O4S. The summed E-state index contributed by atoms with van der Waals surface area (Å²) >= 11 is 6.46. The molecule has 38 heavy (non-hydrogen) atoms. The molecule has 3 unspecified atom stereocenters. The van der Waals surface area contributed by atoms with Crippen LogP contribution in [0.1, 0.15) is 49.5 Å². The molecule has 1 amide bonds. The van der Waals surface area contributed by atoms with Gasteiger partial charge in [-0.3, -0.25) is 4.79 Å². The third-order valence-corrected chi connectivity index (χ3v) is 10.4. The van der Waals surface area contributed by atoms with E-state index in [0.717, 1.165) is 37.8 Å². The number of aliphatic hydroxyl groups is 1. The molecule has 5 fully saturated rings. The van der Waals surface area contributed by atoms with Gasteiger partial charge in [0.1, 0.15) is 5.69 Å². The van der Waals surface area contributed by atoms with Crippen LogP contribution in [0.25, 0.3) is 0 Å². The third kappa shape index (κ3) is 4.75. The summed E-state index contributed by atoms with van der Waals surface area (Å²) in [7, 11) is -3.33. The molecule has 11 heteroatoms. The number of hydrogen-bond donors (Lipinski definition) is 2. The monoisotopic (exact) mass is 559 g/mol. The van der Waals surface area contributed by atoms with Crippen LogP contribution in [0.3, 0.4) is 0 Å². The van der Waals surface area contributed by atoms with Crippen molar-refractivity contribution in [3.05, 3.63) is 41.2 Å². The summed E-state index contributed by atoms with van der Waals surface area (Å²) < 4.78 is 23.7. The Hall–Kier alpha value is -2.43. The maximum atomic E-state index is 13.3. The van der Waals surface area contributed by atoms with Crippen molar-refractivity contribution in [2.24, 2.45) is 17.8 Å². The molecular weight excluding hydrogens is 526 g/mol. The van der Waals surface area contributed by atoms with E-state index in [9.17, 15) is 18.3 Å². The molecule has 0 radical (unpaired) electrons. The molecule has 3 atom stereocenters. The lowest BCUT2D eigenvalue weighted by atomic mass is 9.52. The van der Waals surface area contributed by atoms with E-state index < -0.39 is 15.4 Å². The maximum absolute atomic E-state index is 13.3. The largest absolute Gasteiger partial charge is 0.390 e. The first-order valence-electron chi connectivity index (χ1n) is 13.4. The van der Waals surface area contributed by atoms with Crippen LogP contribution < -0.4 is 15.1 Å². The van der Waals surface area contributed by atoms with E-state index in [4.69, 9.17) is 11.6 Å². The number of carbonyl (C=O) groups is 1. The van der Waals surface area contributed by atoms with Gasteiger partial charge in [0.15, 0.2) is 9.84 Å². The molecule has 2 aromatic rings. The Morgan fingerprint density at radius 3 is 2.53 bits per heavy atom. The average Bonchev–Trinajstić information content (AvgIpc) is 2.84. The summed E-state index contributed by atoms with van der Waals surface area (Å²) in [6.45, 7) is 3.99. The zero-order chi connectivity index (χ0) is 26.8. The smallest absolute Gasteiger partial charge is 0.270 e. The highest BCUT2D eigenvalue weighted by molar-refractivity contribution is 7.90. The summed E-state index contributed by atoms with van der Waals surface area (Å²) in [5, 5.41) is 14.5. The van der Waals surface area contributed by atoms with Crippen molar-refractivity contribution in [3.63, 3.8) is 0 Å². The van der Waals surface area contributed by atoms with Crippen LogP contribution in [0.15, 0.2) is 35.4 Å². The van der Waals surface area contributed by atoms with Crippen molar-refractivity contribution >= 4 is 39.0 Å². The summed E-state index contributed by atoms with van der Waals surface area (Å²) in [6.07, 6.45) is 7.45. The minimum absolute atomic E-state index is 0.0397. The third-order valence-electron chi connectivity index (χ3n) is 8.99. The van der Waals surface area contributed by atoms with Gasteiger partial charge >= 0.3 is 0 Å². The molecule has 2 N–H and O–H groups in total. The van der Waals surface area contributed by atoms with Crippen LogP contribution in [0.5, 0.6) is 0 Å². The lowest BCUT2D eigenvalue weighted by Crippen LogP contribution is -2.61. The number of aromatic nitrogens is 2. The molecule has 4 saturated carbocycles. The van der Waals surface area contributed by atoms with Gasteiger partial charge in [0.2, 0.25) is 5.95 Å². The number of hydrogen-bond acceptors (Lipinski definition) is 8. The number of carbonyl (C=O) groups excluding carboxylic acids is 1. The van der Waals surface area contributed by atoms with Crippen LogP contribution in [0.4, 0.5) is 11.6 Å². The van der Waals surface area contributed by atoms with Crippen LogP contribution in [-0.4, -0.2) is 73.0 Å². The van der Waals surface area contributed by atoms with Crippen LogP contribution >= 0.6 is 11.6 Å². The van der Waals surface area contributed by atoms with E-state index in [0.29, 0.717) is 54.1 Å². The molecule has 2 heterocycles. The van der Waals surface area contributed by atoms with Gasteiger partial charge in [-0.15, -0.1) is 0 Å². The van der Waals surface area contributed by atoms with Crippen molar-refractivity contribution in [1.82, 2.24) is 15.3 Å². The van der Waals surface area contributed by atoms with Crippen molar-refractivity contribution < 1.29 is 18.3 Å². The van der Waals surface area contributed by atoms with E-state index in [2.05, 4.69) is 32.0 Å². The topological polar surface area (TPSA) is 116 Å². The molecule has 9 nitrogen and oxygen atoms in total. The Balaban J connectivity index is 1.13. The highest BCUT2D eigenvalue weighted by Crippen LogP contribution is 2.55. The second-order valence-electron chi connectivity index (χ2n) is 11.8. The number of sulfone groups is 1. The number of nitrogens with zero attached hydrogens (tertiary/aromatic N) is 4. The van der Waals surface area contributed by atoms with Gasteiger partial charge in [-0.1, -0.05) is 11.6 Å². The summed E-state index contributed by atoms with van der Waals surface area (Å²) in [5.74, 6) is 1.60. The fourth-order valence-corrected chi connectivity index (χ4v) is 8.52. The first kappa shape index (κ1) is 25.8. The van der Waals surface area contributed by atoms with Crippen molar-refractivity contribution in [2.45, 2.75) is 61.6 Å². The highest BCUT2D eigenvalue weighted by atomic mass is 35.5. The predicted octanol–water partition coefficient (Wildman–Crippen LogP) is 2.92. The van der Waals surface area contributed by atoms with Crippen LogP contribution in [-0.2, 0) is 9.84 Å². The second-order valence-corrected chi connectivity index (χ2v) is 14.2. The molecule has 1 aromatic carbocycles. The molecule has 7 rings (SSSR count). The van der Waals surface area contributed by atoms with E-state index >= 15 is 0 Å². The highest BCUT2D eigenvalue weighted by Gasteiger charge is 2.55. The SMILES string of the molecule is CC1CN(c2ccc(S(C)(=O)=O)cc2Cl)CCN1c1nccc(C(=O)NC2C3CC4CC2CC(O)(C4)C3)n1. The quantitative estimate of drug-likeness (QED) is 0.574. The lowest BCUT2D eigenvalue weighted by Gasteiger charge is -2.58. The van der Waals surface area contributed by atoms with Crippen molar-refractivity contribution in [2.75, 3.05) is 35.7 Å². The van der Waals surface area contributed by atoms with Crippen molar-refractivity contribution in [1.29, 1.82) is 0 Å². The Bertz CT molecular complexity index is 1350. The average molecular weight is 560 g/mol. The molecule has 1 aromatic heterocycles. The molecule has 4 bridgehead atoms. The van der Waals surface area contributed by atoms with Gasteiger partial charge in [-0.05, 0) is 81.0 Å². The number of amides is 1. The number of piperazine rings is 1. The van der Waals surface area contributed by atoms with E-state index in [1.54, 1.807) is 24.4 Å². The number of anilines is 2. The minimum Gasteiger partial charge on any atom is -0.390 e. The normalized spacial score (nSPS) is 32.5. The lowest BCUT2D eigenvalue weighted by molar-refractivity contribution is -0.136. The number of rotatable bonds is 5. The van der Waals surface area contributed by atoms with E-state index in [1.165, 1.54) is 12.3 Å². The molecule has 1 aliphatic heterocycles. The number of nitrogens with one attached hydrogen (secondary N) is 1. The predicted molar refractivity (Wildman–Crippen MR) is 145 cm³/mol. The number of benzene rings is 1. The standard InChI is InChI=1S/C27H34ClN5O4S/c1-16-15-32(23-4-3-20(11-21(23)28)38(2,36)37)7-8-33(16)26-29-6-5-22(30-26)25(34)31-24-18-9-17-10-19(24)14-27(35,12-17)13-18/h3-6,11,16-19,24,35H,7-10,12-15H2,1-2H3,(H,31,34). The zero-order valence-corrected chi connectivity index (χ0v) is 23.2. The fourth-order valence-electron chi connectivity index (χ4n) is 7.50. The van der Waals surface area contributed by atoms with E-state index in [-0.39, 0.29) is 22.9 Å². The molecule has 1 saturated heterocycles. The van der Waals surface area contributed by atoms with Gasteiger partial charge in [-0.2, -0.15) is 0 Å². The zero-order valence-electron chi connectivity index (χ0n) is 21.7. The molecule has 0 spiro atoms. The summed E-state index contributed by atoms with van der Waals surface area (Å²) in [6, 6.07) is 6.63.